The van der Waals surface area contributed by atoms with E-state index in [1.807, 2.05) is 5.92 Å². The fraction of sp³-hybridized carbons (Fsp3) is 0.714. The number of amides is 1. The number of nitrogens with zero attached hydrogens (tertiary/aromatic N) is 1. The normalized spacial score (nSPS) is 15.5. The summed E-state index contributed by atoms with van der Waals surface area (Å²) in [5, 5.41) is 10.1. The maximum Gasteiger partial charge on any atom is 0.410 e. The van der Waals surface area contributed by atoms with Crippen LogP contribution in [0.3, 0.4) is 0 Å². The summed E-state index contributed by atoms with van der Waals surface area (Å²) in [6.45, 7) is 6.83. The molecule has 0 fully saturated rings. The lowest BCUT2D eigenvalue weighted by Gasteiger charge is -2.31. The number of methoxy groups -OCH3 is 1. The van der Waals surface area contributed by atoms with E-state index in [0.717, 1.165) is 7.11 Å². The zero-order valence-electron chi connectivity index (χ0n) is 12.9. The number of carbonyl (C=O) groups excluding carboxylic acids is 2. The highest BCUT2D eigenvalue weighted by Gasteiger charge is 2.42. The minimum atomic E-state index is -2.08. The van der Waals surface area contributed by atoms with E-state index in [-0.39, 0.29) is 6.54 Å². The molecule has 0 aliphatic carbocycles. The standard InChI is InChI=1S/C14H23NO5/c1-8-14(18,11(16)19-7)10(2)9-15(6)12(17)20-13(3,4)5/h1,10,18H,9H2,2-7H3. The summed E-state index contributed by atoms with van der Waals surface area (Å²) in [7, 11) is 2.63. The molecule has 0 saturated heterocycles. The Labute approximate surface area is 120 Å². The van der Waals surface area contributed by atoms with Crippen LogP contribution in [0.4, 0.5) is 4.79 Å². The Bertz CT molecular complexity index is 407. The lowest BCUT2D eigenvalue weighted by molar-refractivity contribution is -0.161. The molecule has 0 radical (unpaired) electrons. The van der Waals surface area contributed by atoms with Gasteiger partial charge in [0, 0.05) is 19.5 Å². The largest absolute Gasteiger partial charge is 0.466 e. The molecular weight excluding hydrogens is 262 g/mol. The summed E-state index contributed by atoms with van der Waals surface area (Å²) in [5.74, 6) is 0.387. The quantitative estimate of drug-likeness (QED) is 0.616. The molecule has 0 spiro atoms. The van der Waals surface area contributed by atoms with Gasteiger partial charge in [-0.15, -0.1) is 6.42 Å². The van der Waals surface area contributed by atoms with Crippen molar-refractivity contribution >= 4 is 12.1 Å². The number of rotatable bonds is 4. The minimum absolute atomic E-state index is 0.0463. The maximum atomic E-state index is 11.8. The van der Waals surface area contributed by atoms with Crippen LogP contribution in [0.1, 0.15) is 27.7 Å². The first kappa shape index (κ1) is 18.3. The molecule has 6 heteroatoms. The summed E-state index contributed by atoms with van der Waals surface area (Å²) >= 11 is 0. The molecule has 1 amide bonds. The average Bonchev–Trinajstić information content (AvgIpc) is 2.34. The highest BCUT2D eigenvalue weighted by molar-refractivity contribution is 5.83. The summed E-state index contributed by atoms with van der Waals surface area (Å²) in [6, 6.07) is 0. The van der Waals surface area contributed by atoms with Crippen LogP contribution < -0.4 is 0 Å². The van der Waals surface area contributed by atoms with Gasteiger partial charge < -0.3 is 19.5 Å². The summed E-state index contributed by atoms with van der Waals surface area (Å²) in [4.78, 5) is 24.6. The first-order valence-corrected chi connectivity index (χ1v) is 6.20. The molecule has 0 saturated carbocycles. The molecule has 0 rings (SSSR count). The molecular formula is C14H23NO5. The van der Waals surface area contributed by atoms with Gasteiger partial charge in [-0.05, 0) is 20.8 Å². The molecule has 0 bridgehead atoms. The van der Waals surface area contributed by atoms with Crippen molar-refractivity contribution < 1.29 is 24.2 Å². The second-order valence-corrected chi connectivity index (χ2v) is 5.66. The van der Waals surface area contributed by atoms with Crippen molar-refractivity contribution in [3.8, 4) is 12.3 Å². The van der Waals surface area contributed by atoms with Crippen LogP contribution >= 0.6 is 0 Å². The SMILES string of the molecule is C#CC(O)(C(=O)OC)C(C)CN(C)C(=O)OC(C)(C)C. The van der Waals surface area contributed by atoms with Gasteiger partial charge in [-0.2, -0.15) is 0 Å². The first-order valence-electron chi connectivity index (χ1n) is 6.20. The van der Waals surface area contributed by atoms with Crippen molar-refractivity contribution in [1.82, 2.24) is 4.90 Å². The Balaban J connectivity index is 4.83. The van der Waals surface area contributed by atoms with Crippen molar-refractivity contribution in [2.24, 2.45) is 5.92 Å². The Kier molecular flexibility index (Phi) is 6.04. The van der Waals surface area contributed by atoms with Crippen LogP contribution in [0.2, 0.25) is 0 Å². The third-order valence-corrected chi connectivity index (χ3v) is 2.68. The number of aliphatic hydroxyl groups is 1. The van der Waals surface area contributed by atoms with Gasteiger partial charge >= 0.3 is 12.1 Å². The monoisotopic (exact) mass is 285 g/mol. The average molecular weight is 285 g/mol. The van der Waals surface area contributed by atoms with Gasteiger partial charge in [-0.1, -0.05) is 12.8 Å². The number of carbonyl (C=O) groups is 2. The Morgan fingerprint density at radius 3 is 2.25 bits per heavy atom. The predicted octanol–water partition coefficient (Wildman–Crippen LogP) is 1.03. The molecule has 0 aliphatic rings. The predicted molar refractivity (Wildman–Crippen MR) is 73.8 cm³/mol. The zero-order chi connectivity index (χ0) is 16.1. The molecule has 2 atom stereocenters. The molecule has 0 heterocycles. The highest BCUT2D eigenvalue weighted by atomic mass is 16.6. The van der Waals surface area contributed by atoms with E-state index in [1.165, 1.54) is 11.9 Å². The van der Waals surface area contributed by atoms with E-state index >= 15 is 0 Å². The second-order valence-electron chi connectivity index (χ2n) is 5.66. The molecule has 0 aromatic rings. The number of terminal acetylenes is 1. The fourth-order valence-electron chi connectivity index (χ4n) is 1.52. The van der Waals surface area contributed by atoms with Gasteiger partial charge in [-0.25, -0.2) is 9.59 Å². The summed E-state index contributed by atoms with van der Waals surface area (Å²) in [5.41, 5.74) is -2.70. The first-order chi connectivity index (χ1) is 8.97. The van der Waals surface area contributed by atoms with E-state index < -0.39 is 29.2 Å². The van der Waals surface area contributed by atoms with Crippen molar-refractivity contribution in [3.63, 3.8) is 0 Å². The molecule has 114 valence electrons. The topological polar surface area (TPSA) is 76.1 Å². The lowest BCUT2D eigenvalue weighted by atomic mass is 9.89. The van der Waals surface area contributed by atoms with Crippen molar-refractivity contribution in [3.05, 3.63) is 0 Å². The van der Waals surface area contributed by atoms with Gasteiger partial charge in [0.25, 0.3) is 0 Å². The van der Waals surface area contributed by atoms with Crippen LogP contribution in [0.25, 0.3) is 0 Å². The van der Waals surface area contributed by atoms with Gasteiger partial charge in [0.1, 0.15) is 5.60 Å². The van der Waals surface area contributed by atoms with Crippen molar-refractivity contribution in [1.29, 1.82) is 0 Å². The molecule has 2 unspecified atom stereocenters. The van der Waals surface area contributed by atoms with Crippen LogP contribution in [0.15, 0.2) is 0 Å². The molecule has 0 aromatic carbocycles. The van der Waals surface area contributed by atoms with E-state index in [0.29, 0.717) is 0 Å². The summed E-state index contributed by atoms with van der Waals surface area (Å²) in [6.07, 6.45) is 4.64. The maximum absolute atomic E-state index is 11.8. The van der Waals surface area contributed by atoms with Crippen LogP contribution in [-0.4, -0.2) is 54.0 Å². The second kappa shape index (κ2) is 6.62. The number of esters is 1. The minimum Gasteiger partial charge on any atom is -0.466 e. The molecule has 0 aromatic heterocycles. The molecule has 6 nitrogen and oxygen atoms in total. The molecule has 1 N–H and O–H groups in total. The molecule has 0 aliphatic heterocycles. The van der Waals surface area contributed by atoms with Crippen LogP contribution in [-0.2, 0) is 14.3 Å². The number of hydrogen-bond acceptors (Lipinski definition) is 5. The lowest BCUT2D eigenvalue weighted by Crippen LogP contribution is -2.49. The van der Waals surface area contributed by atoms with Gasteiger partial charge in [0.05, 0.1) is 7.11 Å². The molecule has 20 heavy (non-hydrogen) atoms. The Morgan fingerprint density at radius 1 is 1.40 bits per heavy atom. The summed E-state index contributed by atoms with van der Waals surface area (Å²) < 4.78 is 9.65. The van der Waals surface area contributed by atoms with E-state index in [4.69, 9.17) is 11.2 Å². The Hall–Kier alpha value is -1.74. The Morgan fingerprint density at radius 2 is 1.90 bits per heavy atom. The third kappa shape index (κ3) is 4.74. The van der Waals surface area contributed by atoms with Gasteiger partial charge in [0.15, 0.2) is 0 Å². The smallest absolute Gasteiger partial charge is 0.410 e. The van der Waals surface area contributed by atoms with E-state index in [1.54, 1.807) is 27.7 Å². The van der Waals surface area contributed by atoms with Gasteiger partial charge in [-0.3, -0.25) is 0 Å². The van der Waals surface area contributed by atoms with Crippen molar-refractivity contribution in [2.45, 2.75) is 38.9 Å². The van der Waals surface area contributed by atoms with Crippen LogP contribution in [0, 0.1) is 18.3 Å². The van der Waals surface area contributed by atoms with E-state index in [9.17, 15) is 14.7 Å². The number of ether oxygens (including phenoxy) is 2. The number of hydrogen-bond donors (Lipinski definition) is 1. The highest BCUT2D eigenvalue weighted by Crippen LogP contribution is 2.20. The van der Waals surface area contributed by atoms with Crippen LogP contribution in [0.5, 0.6) is 0 Å². The third-order valence-electron chi connectivity index (χ3n) is 2.68. The fourth-order valence-corrected chi connectivity index (χ4v) is 1.52. The van der Waals surface area contributed by atoms with E-state index in [2.05, 4.69) is 4.74 Å². The van der Waals surface area contributed by atoms with Gasteiger partial charge in [0.2, 0.25) is 5.60 Å². The zero-order valence-corrected chi connectivity index (χ0v) is 12.9. The van der Waals surface area contributed by atoms with Crippen molar-refractivity contribution in [2.75, 3.05) is 20.7 Å².